The Balaban J connectivity index is 1.90. The first-order valence-corrected chi connectivity index (χ1v) is 6.75. The van der Waals surface area contributed by atoms with Crippen LogP contribution in [0.4, 0.5) is 0 Å². The number of Topliss-reactive ketones (excluding diaryl/α,β-unsaturated/α-hetero) is 1. The molecular formula is C15H18N2O. The predicted octanol–water partition coefficient (Wildman–Crippen LogP) is 3.28. The summed E-state index contributed by atoms with van der Waals surface area (Å²) in [7, 11) is 0. The minimum Gasteiger partial charge on any atom is -0.300 e. The van der Waals surface area contributed by atoms with Gasteiger partial charge in [0.05, 0.1) is 5.52 Å². The summed E-state index contributed by atoms with van der Waals surface area (Å²) in [5, 5.41) is 5.71. The van der Waals surface area contributed by atoms with Crippen molar-refractivity contribution < 1.29 is 4.79 Å². The van der Waals surface area contributed by atoms with Crippen LogP contribution in [-0.2, 0) is 11.3 Å². The van der Waals surface area contributed by atoms with E-state index in [9.17, 15) is 4.79 Å². The number of rotatable bonds is 2. The summed E-state index contributed by atoms with van der Waals surface area (Å²) in [6.07, 6.45) is 5.61. The number of hydrogen-bond acceptors (Lipinski definition) is 2. The van der Waals surface area contributed by atoms with Crippen LogP contribution in [0.2, 0.25) is 0 Å². The molecule has 0 amide bonds. The van der Waals surface area contributed by atoms with Crippen molar-refractivity contribution in [3.63, 3.8) is 0 Å². The van der Waals surface area contributed by atoms with Crippen LogP contribution in [-0.4, -0.2) is 15.6 Å². The normalized spacial score (nSPS) is 17.5. The Bertz CT molecular complexity index is 575. The number of benzene rings is 1. The molecule has 0 N–H and O–H groups in total. The quantitative estimate of drug-likeness (QED) is 0.810. The lowest BCUT2D eigenvalue weighted by molar-refractivity contribution is -0.120. The molecule has 1 aliphatic carbocycles. The highest BCUT2D eigenvalue weighted by atomic mass is 16.1. The van der Waals surface area contributed by atoms with E-state index in [1.165, 1.54) is 10.9 Å². The van der Waals surface area contributed by atoms with Gasteiger partial charge in [-0.05, 0) is 43.4 Å². The average Bonchev–Trinajstić information content (AvgIpc) is 2.81. The lowest BCUT2D eigenvalue weighted by Gasteiger charge is -2.21. The van der Waals surface area contributed by atoms with Crippen molar-refractivity contribution in [1.82, 2.24) is 9.78 Å². The number of hydrogen-bond donors (Lipinski definition) is 0. The number of aryl methyl sites for hydroxylation is 1. The average molecular weight is 242 g/mol. The maximum atomic E-state index is 11.3. The summed E-state index contributed by atoms with van der Waals surface area (Å²) in [5.74, 6) is 0.975. The third-order valence-electron chi connectivity index (χ3n) is 3.91. The van der Waals surface area contributed by atoms with Crippen LogP contribution in [0, 0.1) is 0 Å². The number of ketones is 1. The zero-order valence-electron chi connectivity index (χ0n) is 10.7. The number of aromatic nitrogens is 2. The van der Waals surface area contributed by atoms with Crippen LogP contribution in [0.15, 0.2) is 24.4 Å². The van der Waals surface area contributed by atoms with E-state index in [-0.39, 0.29) is 0 Å². The highest BCUT2D eigenvalue weighted by Gasteiger charge is 2.20. The Morgan fingerprint density at radius 2 is 2.11 bits per heavy atom. The maximum absolute atomic E-state index is 11.3. The van der Waals surface area contributed by atoms with Gasteiger partial charge in [0.2, 0.25) is 0 Å². The Kier molecular flexibility index (Phi) is 2.90. The second-order valence-corrected chi connectivity index (χ2v) is 5.12. The summed E-state index contributed by atoms with van der Waals surface area (Å²) in [4.78, 5) is 11.3. The van der Waals surface area contributed by atoms with E-state index in [4.69, 9.17) is 0 Å². The molecule has 1 aromatic carbocycles. The van der Waals surface area contributed by atoms with Crippen LogP contribution < -0.4 is 0 Å². The fourth-order valence-corrected chi connectivity index (χ4v) is 2.78. The van der Waals surface area contributed by atoms with E-state index in [0.717, 1.165) is 37.7 Å². The first kappa shape index (κ1) is 11.5. The van der Waals surface area contributed by atoms with Crippen LogP contribution in [0.25, 0.3) is 10.9 Å². The third kappa shape index (κ3) is 2.05. The molecule has 0 radical (unpaired) electrons. The number of carbonyl (C=O) groups is 1. The van der Waals surface area contributed by atoms with Gasteiger partial charge in [0.15, 0.2) is 0 Å². The summed E-state index contributed by atoms with van der Waals surface area (Å²) in [6.45, 7) is 3.00. The van der Waals surface area contributed by atoms with Crippen LogP contribution >= 0.6 is 0 Å². The van der Waals surface area contributed by atoms with E-state index in [1.807, 2.05) is 4.68 Å². The highest BCUT2D eigenvalue weighted by Crippen LogP contribution is 2.32. The largest absolute Gasteiger partial charge is 0.300 e. The molecule has 1 heterocycles. The third-order valence-corrected chi connectivity index (χ3v) is 3.91. The van der Waals surface area contributed by atoms with Gasteiger partial charge in [-0.1, -0.05) is 6.07 Å². The Morgan fingerprint density at radius 3 is 2.83 bits per heavy atom. The topological polar surface area (TPSA) is 34.9 Å². The second kappa shape index (κ2) is 4.56. The van der Waals surface area contributed by atoms with Gasteiger partial charge in [-0.15, -0.1) is 0 Å². The van der Waals surface area contributed by atoms with Gasteiger partial charge >= 0.3 is 0 Å². The van der Waals surface area contributed by atoms with Gasteiger partial charge in [-0.2, -0.15) is 5.10 Å². The summed E-state index contributed by atoms with van der Waals surface area (Å²) < 4.78 is 1.97. The predicted molar refractivity (Wildman–Crippen MR) is 71.6 cm³/mol. The fourth-order valence-electron chi connectivity index (χ4n) is 2.78. The Labute approximate surface area is 107 Å². The molecule has 94 valence electrons. The molecule has 0 atom stereocenters. The first-order chi connectivity index (χ1) is 8.76. The first-order valence-electron chi connectivity index (χ1n) is 6.75. The van der Waals surface area contributed by atoms with Crippen molar-refractivity contribution in [1.29, 1.82) is 0 Å². The zero-order valence-corrected chi connectivity index (χ0v) is 10.7. The van der Waals surface area contributed by atoms with Crippen LogP contribution in [0.3, 0.4) is 0 Å². The zero-order chi connectivity index (χ0) is 12.5. The molecule has 3 rings (SSSR count). The lowest BCUT2D eigenvalue weighted by Crippen LogP contribution is -2.12. The maximum Gasteiger partial charge on any atom is 0.132 e. The summed E-state index contributed by atoms with van der Waals surface area (Å²) in [6, 6.07) is 6.53. The fraction of sp³-hybridized carbons (Fsp3) is 0.467. The van der Waals surface area contributed by atoms with E-state index in [0.29, 0.717) is 11.7 Å². The monoisotopic (exact) mass is 242 g/mol. The van der Waals surface area contributed by atoms with Crippen LogP contribution in [0.5, 0.6) is 0 Å². The molecule has 3 nitrogen and oxygen atoms in total. The van der Waals surface area contributed by atoms with E-state index < -0.39 is 0 Å². The molecule has 0 saturated heterocycles. The van der Waals surface area contributed by atoms with Crippen molar-refractivity contribution in [2.45, 2.75) is 45.1 Å². The number of fused-ring (bicyclic) bond motifs is 1. The molecule has 18 heavy (non-hydrogen) atoms. The van der Waals surface area contributed by atoms with Crippen molar-refractivity contribution in [3.8, 4) is 0 Å². The van der Waals surface area contributed by atoms with Crippen molar-refractivity contribution in [2.75, 3.05) is 0 Å². The molecule has 0 spiro atoms. The minimum atomic E-state index is 0.422. The van der Waals surface area contributed by atoms with Gasteiger partial charge in [0.1, 0.15) is 5.78 Å². The lowest BCUT2D eigenvalue weighted by atomic mass is 9.83. The summed E-state index contributed by atoms with van der Waals surface area (Å²) in [5.41, 5.74) is 2.43. The van der Waals surface area contributed by atoms with Gasteiger partial charge in [0.25, 0.3) is 0 Å². The highest BCUT2D eigenvalue weighted by molar-refractivity contribution is 5.80. The molecule has 0 bridgehead atoms. The van der Waals surface area contributed by atoms with E-state index >= 15 is 0 Å². The molecular weight excluding hydrogens is 224 g/mol. The molecule has 2 aromatic rings. The molecule has 0 unspecified atom stereocenters. The standard InChI is InChI=1S/C15H18N2O/c1-2-17-10-13-9-12(5-8-15(13)16-17)11-3-6-14(18)7-4-11/h5,8-11H,2-4,6-7H2,1H3. The van der Waals surface area contributed by atoms with Crippen LogP contribution in [0.1, 0.15) is 44.1 Å². The van der Waals surface area contributed by atoms with E-state index in [1.54, 1.807) is 0 Å². The van der Waals surface area contributed by atoms with Gasteiger partial charge in [-0.3, -0.25) is 9.48 Å². The van der Waals surface area contributed by atoms with Crippen molar-refractivity contribution >= 4 is 16.7 Å². The van der Waals surface area contributed by atoms with Gasteiger partial charge in [-0.25, -0.2) is 0 Å². The SMILES string of the molecule is CCn1cc2cc(C3CCC(=O)CC3)ccc2n1. The van der Waals surface area contributed by atoms with Crippen molar-refractivity contribution in [3.05, 3.63) is 30.0 Å². The minimum absolute atomic E-state index is 0.422. The molecule has 1 fully saturated rings. The van der Waals surface area contributed by atoms with E-state index in [2.05, 4.69) is 36.4 Å². The molecule has 0 aliphatic heterocycles. The molecule has 1 aliphatic rings. The Morgan fingerprint density at radius 1 is 1.33 bits per heavy atom. The summed E-state index contributed by atoms with van der Waals surface area (Å²) >= 11 is 0. The number of carbonyl (C=O) groups excluding carboxylic acids is 1. The van der Waals surface area contributed by atoms with Gasteiger partial charge < -0.3 is 0 Å². The number of nitrogens with zero attached hydrogens (tertiary/aromatic N) is 2. The molecule has 1 aromatic heterocycles. The molecule has 3 heteroatoms. The van der Waals surface area contributed by atoms with Gasteiger partial charge in [0, 0.05) is 31.0 Å². The van der Waals surface area contributed by atoms with Crippen molar-refractivity contribution in [2.24, 2.45) is 0 Å². The smallest absolute Gasteiger partial charge is 0.132 e. The second-order valence-electron chi connectivity index (χ2n) is 5.12. The Hall–Kier alpha value is -1.64. The molecule has 1 saturated carbocycles.